The largest absolute Gasteiger partial charge is 0.383 e. The summed E-state index contributed by atoms with van der Waals surface area (Å²) in [5, 5.41) is 3.52. The minimum Gasteiger partial charge on any atom is -0.383 e. The Hall–Kier alpha value is -0.0800. The van der Waals surface area contributed by atoms with Crippen LogP contribution >= 0.6 is 0 Å². The summed E-state index contributed by atoms with van der Waals surface area (Å²) in [6.07, 6.45) is 5.89. The first kappa shape index (κ1) is 12.4. The molecule has 1 N–H and O–H groups in total. The van der Waals surface area contributed by atoms with E-state index in [9.17, 15) is 0 Å². The lowest BCUT2D eigenvalue weighted by Crippen LogP contribution is -2.27. The molecule has 4 atom stereocenters. The van der Waals surface area contributed by atoms with Gasteiger partial charge in [-0.15, -0.1) is 0 Å². The maximum absolute atomic E-state index is 5.05. The van der Waals surface area contributed by atoms with E-state index in [2.05, 4.69) is 19.2 Å². The van der Waals surface area contributed by atoms with Gasteiger partial charge < -0.3 is 10.1 Å². The summed E-state index contributed by atoms with van der Waals surface area (Å²) in [7, 11) is 1.77. The van der Waals surface area contributed by atoms with E-state index >= 15 is 0 Å². The van der Waals surface area contributed by atoms with Gasteiger partial charge in [-0.2, -0.15) is 0 Å². The molecule has 2 rings (SSSR count). The van der Waals surface area contributed by atoms with E-state index in [1.165, 1.54) is 32.2 Å². The zero-order valence-corrected chi connectivity index (χ0v) is 11.1. The van der Waals surface area contributed by atoms with Gasteiger partial charge in [-0.25, -0.2) is 0 Å². The van der Waals surface area contributed by atoms with E-state index in [4.69, 9.17) is 4.74 Å². The van der Waals surface area contributed by atoms with Gasteiger partial charge in [-0.1, -0.05) is 13.8 Å². The number of ether oxygens (including phenoxy) is 1. The van der Waals surface area contributed by atoms with E-state index < -0.39 is 0 Å². The maximum Gasteiger partial charge on any atom is 0.0587 e. The minimum atomic E-state index is 0.742. The van der Waals surface area contributed by atoms with Crippen LogP contribution in [0.25, 0.3) is 0 Å². The molecular formula is C14H27NO. The van der Waals surface area contributed by atoms with Crippen LogP contribution in [-0.2, 0) is 4.74 Å². The van der Waals surface area contributed by atoms with Crippen LogP contribution < -0.4 is 5.32 Å². The third-order valence-corrected chi connectivity index (χ3v) is 5.03. The van der Waals surface area contributed by atoms with Crippen molar-refractivity contribution in [2.75, 3.05) is 26.8 Å². The van der Waals surface area contributed by atoms with Crippen molar-refractivity contribution in [1.29, 1.82) is 0 Å². The van der Waals surface area contributed by atoms with Crippen molar-refractivity contribution >= 4 is 0 Å². The molecule has 0 heterocycles. The summed E-state index contributed by atoms with van der Waals surface area (Å²) in [6, 6.07) is 0. The second-order valence-corrected chi connectivity index (χ2v) is 6.16. The smallest absolute Gasteiger partial charge is 0.0587 e. The quantitative estimate of drug-likeness (QED) is 0.726. The van der Waals surface area contributed by atoms with E-state index in [-0.39, 0.29) is 0 Å². The Kier molecular flexibility index (Phi) is 3.91. The monoisotopic (exact) mass is 225 g/mol. The molecule has 2 fully saturated rings. The van der Waals surface area contributed by atoms with Crippen LogP contribution in [0.3, 0.4) is 0 Å². The van der Waals surface area contributed by atoms with Crippen molar-refractivity contribution in [3.05, 3.63) is 0 Å². The van der Waals surface area contributed by atoms with Crippen LogP contribution in [0.2, 0.25) is 0 Å². The summed E-state index contributed by atoms with van der Waals surface area (Å²) in [5.41, 5.74) is 0.742. The molecule has 1 spiro atoms. The second-order valence-electron chi connectivity index (χ2n) is 6.16. The summed E-state index contributed by atoms with van der Waals surface area (Å²) in [4.78, 5) is 0. The lowest BCUT2D eigenvalue weighted by molar-refractivity contribution is 0.174. The van der Waals surface area contributed by atoms with Crippen molar-refractivity contribution in [2.24, 2.45) is 23.2 Å². The third kappa shape index (κ3) is 2.60. The zero-order chi connectivity index (χ0) is 11.6. The zero-order valence-electron chi connectivity index (χ0n) is 11.1. The Morgan fingerprint density at radius 3 is 2.75 bits per heavy atom. The molecule has 0 aliphatic heterocycles. The molecule has 2 aliphatic carbocycles. The van der Waals surface area contributed by atoms with E-state index in [1.807, 2.05) is 0 Å². The highest BCUT2D eigenvalue weighted by molar-refractivity contribution is 5.05. The molecule has 0 aromatic carbocycles. The molecule has 2 nitrogen and oxygen atoms in total. The average molecular weight is 225 g/mol. The number of hydrogen-bond donors (Lipinski definition) is 1. The van der Waals surface area contributed by atoms with Crippen LogP contribution in [-0.4, -0.2) is 26.8 Å². The highest BCUT2D eigenvalue weighted by atomic mass is 16.5. The fourth-order valence-electron chi connectivity index (χ4n) is 3.47. The first-order valence-corrected chi connectivity index (χ1v) is 6.87. The Morgan fingerprint density at radius 1 is 1.25 bits per heavy atom. The number of nitrogens with one attached hydrogen (secondary N) is 1. The third-order valence-electron chi connectivity index (χ3n) is 5.03. The van der Waals surface area contributed by atoms with Gasteiger partial charge in [0, 0.05) is 13.7 Å². The van der Waals surface area contributed by atoms with Crippen LogP contribution in [0, 0.1) is 23.2 Å². The van der Waals surface area contributed by atoms with Gasteiger partial charge in [0.25, 0.3) is 0 Å². The molecule has 2 aliphatic rings. The van der Waals surface area contributed by atoms with Crippen LogP contribution in [0.5, 0.6) is 0 Å². The first-order valence-electron chi connectivity index (χ1n) is 6.87. The number of hydrogen-bond acceptors (Lipinski definition) is 2. The van der Waals surface area contributed by atoms with Crippen LogP contribution in [0.15, 0.2) is 0 Å². The fourth-order valence-corrected chi connectivity index (χ4v) is 3.47. The lowest BCUT2D eigenvalue weighted by Gasteiger charge is -2.33. The molecule has 2 saturated carbocycles. The summed E-state index contributed by atoms with van der Waals surface area (Å²) in [5.74, 6) is 2.85. The number of rotatable bonds is 5. The Morgan fingerprint density at radius 2 is 2.06 bits per heavy atom. The molecule has 0 amide bonds. The molecule has 94 valence electrons. The SMILES string of the molecule is COCCNCC1CC12CCC(C)C(C)C2. The van der Waals surface area contributed by atoms with Gasteiger partial charge in [0.05, 0.1) is 6.61 Å². The molecule has 16 heavy (non-hydrogen) atoms. The number of methoxy groups -OCH3 is 1. The predicted molar refractivity (Wildman–Crippen MR) is 67.5 cm³/mol. The Balaban J connectivity index is 1.69. The van der Waals surface area contributed by atoms with Crippen LogP contribution in [0.1, 0.15) is 39.5 Å². The standard InChI is InChI=1S/C14H27NO/c1-11-4-5-14(8-12(11)2)9-13(14)10-15-6-7-16-3/h11-13,15H,4-10H2,1-3H3. The van der Waals surface area contributed by atoms with Crippen molar-refractivity contribution in [2.45, 2.75) is 39.5 Å². The Labute approximate surface area is 100 Å². The topological polar surface area (TPSA) is 21.3 Å². The molecule has 0 saturated heterocycles. The molecule has 0 aromatic heterocycles. The second kappa shape index (κ2) is 5.05. The first-order chi connectivity index (χ1) is 7.68. The Bertz CT molecular complexity index is 231. The normalized spacial score (nSPS) is 42.6. The van der Waals surface area contributed by atoms with Crippen LogP contribution in [0.4, 0.5) is 0 Å². The highest BCUT2D eigenvalue weighted by Gasteiger charge is 2.55. The summed E-state index contributed by atoms with van der Waals surface area (Å²) in [6.45, 7) is 7.93. The molecule has 4 unspecified atom stereocenters. The lowest BCUT2D eigenvalue weighted by atomic mass is 9.73. The van der Waals surface area contributed by atoms with Crippen molar-refractivity contribution in [3.8, 4) is 0 Å². The highest BCUT2D eigenvalue weighted by Crippen LogP contribution is 2.62. The van der Waals surface area contributed by atoms with E-state index in [0.717, 1.165) is 36.3 Å². The molecule has 0 bridgehead atoms. The van der Waals surface area contributed by atoms with Crippen molar-refractivity contribution < 1.29 is 4.74 Å². The van der Waals surface area contributed by atoms with Crippen molar-refractivity contribution in [3.63, 3.8) is 0 Å². The molecule has 0 radical (unpaired) electrons. The van der Waals surface area contributed by atoms with Gasteiger partial charge >= 0.3 is 0 Å². The van der Waals surface area contributed by atoms with Gasteiger partial charge in [0.1, 0.15) is 0 Å². The average Bonchev–Trinajstić information content (AvgIpc) is 2.93. The molecule has 2 heteroatoms. The summed E-state index contributed by atoms with van der Waals surface area (Å²) < 4.78 is 5.05. The van der Waals surface area contributed by atoms with E-state index in [0.29, 0.717) is 0 Å². The molecular weight excluding hydrogens is 198 g/mol. The van der Waals surface area contributed by atoms with E-state index in [1.54, 1.807) is 7.11 Å². The van der Waals surface area contributed by atoms with Gasteiger partial charge in [0.2, 0.25) is 0 Å². The van der Waals surface area contributed by atoms with Gasteiger partial charge in [0.15, 0.2) is 0 Å². The van der Waals surface area contributed by atoms with Gasteiger partial charge in [-0.05, 0) is 55.4 Å². The minimum absolute atomic E-state index is 0.742. The van der Waals surface area contributed by atoms with Crippen molar-refractivity contribution in [1.82, 2.24) is 5.32 Å². The maximum atomic E-state index is 5.05. The molecule has 0 aromatic rings. The van der Waals surface area contributed by atoms with Gasteiger partial charge in [-0.3, -0.25) is 0 Å². The fraction of sp³-hybridized carbons (Fsp3) is 1.00. The summed E-state index contributed by atoms with van der Waals surface area (Å²) >= 11 is 0. The predicted octanol–water partition coefficient (Wildman–Crippen LogP) is 2.68.